The Labute approximate surface area is 381 Å². The van der Waals surface area contributed by atoms with Gasteiger partial charge in [0.15, 0.2) is 0 Å². The molecule has 0 unspecified atom stereocenters. The van der Waals surface area contributed by atoms with Gasteiger partial charge in [-0.1, -0.05) is 121 Å². The van der Waals surface area contributed by atoms with Gasteiger partial charge >= 0.3 is 23.9 Å². The number of rotatable bonds is 4. The maximum atomic E-state index is 12.2. The quantitative estimate of drug-likeness (QED) is 0.137. The summed E-state index contributed by atoms with van der Waals surface area (Å²) in [7, 11) is 0. The molecule has 0 atom stereocenters. The van der Waals surface area contributed by atoms with Crippen molar-refractivity contribution in [2.45, 2.75) is 38.5 Å². The number of hydrogen-bond donors (Lipinski definition) is 4. The van der Waals surface area contributed by atoms with Crippen molar-refractivity contribution in [2.24, 2.45) is 0 Å². The minimum atomic E-state index is -1.45. The van der Waals surface area contributed by atoms with Gasteiger partial charge in [-0.05, 0) is 163 Å². The van der Waals surface area contributed by atoms with Gasteiger partial charge in [0, 0.05) is 1.43 Å². The van der Waals surface area contributed by atoms with Crippen molar-refractivity contribution in [3.05, 3.63) is 235 Å². The molecule has 2 spiro atoms. The Balaban J connectivity index is 0.000000159. The first-order valence-corrected chi connectivity index (χ1v) is 21.6. The van der Waals surface area contributed by atoms with Crippen molar-refractivity contribution in [3.63, 3.8) is 0 Å². The second-order valence-electron chi connectivity index (χ2n) is 17.8. The summed E-state index contributed by atoms with van der Waals surface area (Å²) in [6.45, 7) is 8.96. The van der Waals surface area contributed by atoms with Crippen molar-refractivity contribution in [1.29, 1.82) is 0 Å². The van der Waals surface area contributed by atoms with E-state index in [1.165, 1.54) is 91.0 Å². The summed E-state index contributed by atoms with van der Waals surface area (Å²) in [6.07, 6.45) is 0. The zero-order valence-electron chi connectivity index (χ0n) is 36.3. The Morgan fingerprint density at radius 3 is 0.818 bits per heavy atom. The van der Waals surface area contributed by atoms with E-state index in [9.17, 15) is 39.6 Å². The number of carbonyl (C=O) groups is 4. The van der Waals surface area contributed by atoms with Crippen molar-refractivity contribution in [3.8, 4) is 44.5 Å². The van der Waals surface area contributed by atoms with Gasteiger partial charge in [0.05, 0.1) is 33.1 Å². The van der Waals surface area contributed by atoms with Gasteiger partial charge in [-0.15, -0.1) is 0 Å². The lowest BCUT2D eigenvalue weighted by Crippen LogP contribution is -2.27. The number of aromatic carboxylic acids is 4. The van der Waals surface area contributed by atoms with Gasteiger partial charge in [-0.25, -0.2) is 19.2 Å². The first kappa shape index (κ1) is 40.4. The fourth-order valence-corrected chi connectivity index (χ4v) is 11.6. The van der Waals surface area contributed by atoms with Gasteiger partial charge in [-0.2, -0.15) is 0 Å². The number of carboxylic acids is 4. The molecule has 0 aromatic heterocycles. The molecule has 8 aromatic rings. The van der Waals surface area contributed by atoms with E-state index in [4.69, 9.17) is 0 Å². The van der Waals surface area contributed by atoms with E-state index >= 15 is 0 Å². The van der Waals surface area contributed by atoms with Crippen LogP contribution in [0.15, 0.2) is 146 Å². The lowest BCUT2D eigenvalue weighted by Gasteiger charge is -2.31. The topological polar surface area (TPSA) is 149 Å². The van der Waals surface area contributed by atoms with Crippen LogP contribution in [0.3, 0.4) is 0 Å². The molecule has 4 N–H and O–H groups in total. The Morgan fingerprint density at radius 1 is 0.303 bits per heavy atom. The molecule has 0 bridgehead atoms. The highest BCUT2D eigenvalue weighted by molar-refractivity contribution is 6.08. The zero-order valence-corrected chi connectivity index (χ0v) is 36.3. The normalized spacial score (nSPS) is 13.9. The van der Waals surface area contributed by atoms with E-state index in [0.29, 0.717) is 22.3 Å². The molecule has 8 nitrogen and oxygen atoms in total. The summed E-state index contributed by atoms with van der Waals surface area (Å²) in [5.41, 5.74) is 18.4. The molecule has 0 aliphatic heterocycles. The van der Waals surface area contributed by atoms with Crippen molar-refractivity contribution >= 4 is 23.9 Å². The molecule has 12 rings (SSSR count). The average molecular weight is 868 g/mol. The van der Waals surface area contributed by atoms with Gasteiger partial charge < -0.3 is 20.4 Å². The Hall–Kier alpha value is -8.36. The van der Waals surface area contributed by atoms with E-state index in [-0.39, 0.29) is 6.84 Å². The lowest BCUT2D eigenvalue weighted by atomic mass is 9.70. The molecule has 66 heavy (non-hydrogen) atoms. The zero-order chi connectivity index (χ0) is 46.1. The fourth-order valence-electron chi connectivity index (χ4n) is 11.6. The van der Waals surface area contributed by atoms with Crippen molar-refractivity contribution in [1.82, 2.24) is 0 Å². The summed E-state index contributed by atoms with van der Waals surface area (Å²) in [5, 5.41) is 39.4. The summed E-state index contributed by atoms with van der Waals surface area (Å²) in [6, 6.07) is 47.8. The molecule has 4 aliphatic carbocycles. The third-order valence-corrected chi connectivity index (χ3v) is 14.6. The summed E-state index contributed by atoms with van der Waals surface area (Å²) in [5.74, 6) is -5.75. The van der Waals surface area contributed by atoms with E-state index in [1.54, 1.807) is 0 Å². The van der Waals surface area contributed by atoms with Crippen LogP contribution in [-0.2, 0) is 10.8 Å². The fraction of sp³-hybridized carbons (Fsp3) is 0.103. The Kier molecular flexibility index (Phi) is 8.62. The predicted molar refractivity (Wildman–Crippen MR) is 254 cm³/mol. The highest BCUT2D eigenvalue weighted by Crippen LogP contribution is 2.65. The predicted octanol–water partition coefficient (Wildman–Crippen LogP) is 12.3. The van der Waals surface area contributed by atoms with Crippen LogP contribution < -0.4 is 0 Å². The maximum absolute atomic E-state index is 12.2. The van der Waals surface area contributed by atoms with Gasteiger partial charge in [-0.3, -0.25) is 0 Å². The highest BCUT2D eigenvalue weighted by Gasteiger charge is 2.54. The number of aryl methyl sites for hydroxylation is 4. The number of carboxylic acid groups (broad SMARTS) is 4. The number of hydrogen-bond acceptors (Lipinski definition) is 4. The molecule has 8 heteroatoms. The van der Waals surface area contributed by atoms with E-state index in [0.717, 1.165) is 22.3 Å². The molecule has 4 aliphatic rings. The molecular weight excluding hydrogens is 825 g/mol. The largest absolute Gasteiger partial charge is 0.478 e. The summed E-state index contributed by atoms with van der Waals surface area (Å²) < 4.78 is 0. The Bertz CT molecular complexity index is 3330. The molecule has 0 heterocycles. The second-order valence-corrected chi connectivity index (χ2v) is 17.8. The van der Waals surface area contributed by atoms with E-state index in [2.05, 4.69) is 100 Å². The average Bonchev–Trinajstić information content (AvgIpc) is 3.97. The highest BCUT2D eigenvalue weighted by atomic mass is 16.4. The van der Waals surface area contributed by atoms with Crippen LogP contribution >= 0.6 is 0 Å². The van der Waals surface area contributed by atoms with Crippen molar-refractivity contribution in [2.75, 3.05) is 0 Å². The molecule has 322 valence electrons. The van der Waals surface area contributed by atoms with Crippen molar-refractivity contribution < 1.29 is 41.0 Å². The second kappa shape index (κ2) is 14.1. The van der Waals surface area contributed by atoms with E-state index < -0.39 is 51.5 Å². The van der Waals surface area contributed by atoms with E-state index in [1.807, 2.05) is 48.5 Å². The molecule has 8 aromatic carbocycles. The molecular formula is C58H42O8. The third-order valence-electron chi connectivity index (χ3n) is 14.6. The standard InChI is InChI=1S/C29H16O8.C29H24.H2/c30-25(31)17-9-15-16-10-18(26(32)33)20(28(36)37)12-24(16)29(23(15)11-19(17)27(34)35)21-7-3-1-5-13(21)14-6-2-4-8-22(14)29;1-17-13-23-24-14-18(2)20(4)16-28(24)29(27(23)15-19(17)3)25-11-7-5-9-21(25)22-10-6-8-12-26(22)29;/h1-12H,(H,30,31)(H,32,33)(H,34,35)(H,36,37);5-16H,1-4H3;1H/i;;1+1. The van der Waals surface area contributed by atoms with Crippen LogP contribution in [0.5, 0.6) is 0 Å². The van der Waals surface area contributed by atoms with Gasteiger partial charge in [0.2, 0.25) is 0 Å². The summed E-state index contributed by atoms with van der Waals surface area (Å²) >= 11 is 0. The lowest BCUT2D eigenvalue weighted by molar-refractivity contribution is 0.0651. The van der Waals surface area contributed by atoms with Crippen LogP contribution in [0, 0.1) is 27.7 Å². The van der Waals surface area contributed by atoms with Gasteiger partial charge in [0.25, 0.3) is 0 Å². The summed E-state index contributed by atoms with van der Waals surface area (Å²) in [4.78, 5) is 48.4. The van der Waals surface area contributed by atoms with Gasteiger partial charge in [0.1, 0.15) is 0 Å². The van der Waals surface area contributed by atoms with Crippen LogP contribution in [0.1, 0.15) is 110 Å². The van der Waals surface area contributed by atoms with Crippen LogP contribution in [-0.4, -0.2) is 44.3 Å². The molecule has 0 fully saturated rings. The molecule has 0 saturated carbocycles. The maximum Gasteiger partial charge on any atom is 0.336 e. The Morgan fingerprint density at radius 2 is 0.530 bits per heavy atom. The first-order chi connectivity index (χ1) is 31.7. The third kappa shape index (κ3) is 5.15. The van der Waals surface area contributed by atoms with Crippen LogP contribution in [0.4, 0.5) is 0 Å². The minimum absolute atomic E-state index is 0. The molecule has 0 saturated heterocycles. The van der Waals surface area contributed by atoms with Crippen LogP contribution in [0.25, 0.3) is 44.5 Å². The first-order valence-electron chi connectivity index (χ1n) is 21.6. The monoisotopic (exact) mass is 867 g/mol. The SMILES string of the molecule is Cc1cc2c(cc1C)C1(c3ccccc3-c3ccccc31)c1cc(C)c(C)cc1-2.O=C(O)c1cc2c(cc1C(=O)O)C1(c3ccccc3-c3ccccc31)c1cc(C(=O)O)c(C(=O)O)cc1-2.[2HH]. The smallest absolute Gasteiger partial charge is 0.336 e. The molecule has 0 radical (unpaired) electrons. The number of fused-ring (bicyclic) bond motifs is 20. The van der Waals surface area contributed by atoms with Crippen LogP contribution in [0.2, 0.25) is 0 Å². The molecule has 0 amide bonds. The minimum Gasteiger partial charge on any atom is -0.478 e. The number of benzene rings is 8.